The average molecular weight is 294 g/mol. The second-order valence-electron chi connectivity index (χ2n) is 8.27. The third-order valence-electron chi connectivity index (χ3n) is 7.63. The molecule has 2 saturated carbocycles. The number of aromatic hydroxyl groups is 1. The zero-order chi connectivity index (χ0) is 15.5. The molecule has 1 aromatic rings. The van der Waals surface area contributed by atoms with E-state index in [1.54, 1.807) is 0 Å². The van der Waals surface area contributed by atoms with E-state index in [1.807, 2.05) is 12.1 Å². The Hall–Kier alpha value is -1.42. The summed E-state index contributed by atoms with van der Waals surface area (Å²) in [5.41, 5.74) is 3.28. The monoisotopic (exact) mass is 294 g/mol. The lowest BCUT2D eigenvalue weighted by Crippen LogP contribution is -2.45. The van der Waals surface area contributed by atoms with Crippen molar-refractivity contribution in [3.63, 3.8) is 0 Å². The Balaban J connectivity index is 1.72. The van der Waals surface area contributed by atoms with Crippen molar-refractivity contribution in [2.45, 2.75) is 58.3 Å². The lowest BCUT2D eigenvalue weighted by atomic mass is 9.51. The summed E-state index contributed by atoms with van der Waals surface area (Å²) >= 11 is 0. The number of rotatable bonds is 0. The highest BCUT2D eigenvalue weighted by Gasteiger charge is 2.59. The van der Waals surface area contributed by atoms with Gasteiger partial charge in [0.05, 0.1) is 0 Å². The fraction of sp³-hybridized carbons (Fsp3) is 0.619. The van der Waals surface area contributed by atoms with Crippen molar-refractivity contribution in [3.05, 3.63) is 29.3 Å². The molecule has 1 aromatic carbocycles. The van der Waals surface area contributed by atoms with Crippen LogP contribution in [0.25, 0.3) is 0 Å². The Bertz CT molecular complexity index is 654. The third kappa shape index (κ3) is 1.67. The van der Waals surface area contributed by atoms with Crippen LogP contribution in [0.3, 0.4) is 0 Å². The van der Waals surface area contributed by atoms with Crippen LogP contribution in [-0.4, -0.2) is 5.11 Å². The molecule has 0 heterocycles. The number of phenols is 1. The maximum absolute atomic E-state index is 9.75. The Morgan fingerprint density at radius 3 is 2.77 bits per heavy atom. The van der Waals surface area contributed by atoms with E-state index < -0.39 is 0 Å². The fourth-order valence-electron chi connectivity index (χ4n) is 6.07. The predicted molar refractivity (Wildman–Crippen MR) is 89.7 cm³/mol. The van der Waals surface area contributed by atoms with Gasteiger partial charge in [-0.2, -0.15) is 0 Å². The van der Waals surface area contributed by atoms with Crippen LogP contribution in [0.4, 0.5) is 0 Å². The van der Waals surface area contributed by atoms with Crippen LogP contribution in [-0.2, 0) is 6.42 Å². The molecule has 2 fully saturated rings. The van der Waals surface area contributed by atoms with E-state index >= 15 is 0 Å². The van der Waals surface area contributed by atoms with Crippen LogP contribution in [0.1, 0.15) is 63.0 Å². The first-order valence-electron chi connectivity index (χ1n) is 8.78. The Kier molecular flexibility index (Phi) is 2.93. The Labute approximate surface area is 134 Å². The first-order chi connectivity index (χ1) is 10.5. The van der Waals surface area contributed by atoms with Crippen molar-refractivity contribution < 1.29 is 5.11 Å². The molecular formula is C21H26O. The molecule has 1 heteroatoms. The van der Waals surface area contributed by atoms with Gasteiger partial charge >= 0.3 is 0 Å². The molecule has 0 spiro atoms. The topological polar surface area (TPSA) is 20.2 Å². The molecule has 3 aliphatic carbocycles. The minimum absolute atomic E-state index is 0.0812. The maximum atomic E-state index is 9.75. The van der Waals surface area contributed by atoms with Gasteiger partial charge in [0.15, 0.2) is 0 Å². The van der Waals surface area contributed by atoms with Crippen molar-refractivity contribution >= 4 is 0 Å². The number of fused-ring (bicyclic) bond motifs is 5. The van der Waals surface area contributed by atoms with Crippen LogP contribution in [0.15, 0.2) is 18.2 Å². The van der Waals surface area contributed by atoms with E-state index in [4.69, 9.17) is 6.42 Å². The van der Waals surface area contributed by atoms with Crippen molar-refractivity contribution in [2.75, 3.05) is 0 Å². The van der Waals surface area contributed by atoms with E-state index in [2.05, 4.69) is 25.8 Å². The Morgan fingerprint density at radius 2 is 2.00 bits per heavy atom. The molecule has 0 amide bonds. The highest BCUT2D eigenvalue weighted by atomic mass is 16.3. The first-order valence-corrected chi connectivity index (χ1v) is 8.78. The van der Waals surface area contributed by atoms with Gasteiger partial charge < -0.3 is 5.11 Å². The summed E-state index contributed by atoms with van der Waals surface area (Å²) in [7, 11) is 0. The molecule has 116 valence electrons. The fourth-order valence-corrected chi connectivity index (χ4v) is 6.07. The number of aryl methyl sites for hydroxylation is 1. The zero-order valence-electron chi connectivity index (χ0n) is 13.7. The van der Waals surface area contributed by atoms with E-state index in [0.29, 0.717) is 17.1 Å². The van der Waals surface area contributed by atoms with Gasteiger partial charge in [0, 0.05) is 5.41 Å². The minimum atomic E-state index is 0.0812. The molecule has 5 atom stereocenters. The van der Waals surface area contributed by atoms with Crippen molar-refractivity contribution in [2.24, 2.45) is 22.7 Å². The van der Waals surface area contributed by atoms with Crippen LogP contribution < -0.4 is 0 Å². The second kappa shape index (κ2) is 4.54. The summed E-state index contributed by atoms with van der Waals surface area (Å²) in [6.07, 6.45) is 13.3. The standard InChI is InChI=1S/C21H26O/c1-4-20(2)11-10-19-18-7-5-14-13-15(22)6-8-16(14)17(18)9-12-21(19,20)3/h1,6,8,13,17-19,22H,5,7,9-12H2,2-3H3/t17-,18-,19+,20-,21+/m1/s1. The maximum Gasteiger partial charge on any atom is 0.115 e. The molecule has 1 N–H and O–H groups in total. The van der Waals surface area contributed by atoms with Crippen LogP contribution >= 0.6 is 0 Å². The van der Waals surface area contributed by atoms with Crippen LogP contribution in [0, 0.1) is 35.0 Å². The number of terminal acetylenes is 1. The highest BCUT2D eigenvalue weighted by molar-refractivity contribution is 5.40. The van der Waals surface area contributed by atoms with Gasteiger partial charge in [-0.05, 0) is 91.9 Å². The third-order valence-corrected chi connectivity index (χ3v) is 7.63. The molecule has 0 aromatic heterocycles. The summed E-state index contributed by atoms with van der Waals surface area (Å²) in [5, 5.41) is 9.75. The normalized spacial score (nSPS) is 42.9. The molecule has 0 unspecified atom stereocenters. The molecule has 1 nitrogen and oxygen atoms in total. The predicted octanol–water partition coefficient (Wildman–Crippen LogP) is 4.89. The lowest BCUT2D eigenvalue weighted by Gasteiger charge is -2.53. The number of hydrogen-bond donors (Lipinski definition) is 1. The SMILES string of the molecule is C#C[C@]1(C)CC[C@H]2[C@@H]3CCc4cc(O)ccc4[C@H]3CC[C@@]21C. The zero-order valence-corrected chi connectivity index (χ0v) is 13.7. The molecule has 3 aliphatic rings. The molecule has 0 bridgehead atoms. The van der Waals surface area contributed by atoms with Gasteiger partial charge in [-0.3, -0.25) is 0 Å². The summed E-state index contributed by atoms with van der Waals surface area (Å²) in [4.78, 5) is 0. The van der Waals surface area contributed by atoms with E-state index in [9.17, 15) is 5.11 Å². The molecule has 0 saturated heterocycles. The van der Waals surface area contributed by atoms with E-state index in [-0.39, 0.29) is 5.41 Å². The summed E-state index contributed by atoms with van der Waals surface area (Å²) in [5.74, 6) is 5.82. The minimum Gasteiger partial charge on any atom is -0.508 e. The lowest BCUT2D eigenvalue weighted by molar-refractivity contribution is 0.00890. The van der Waals surface area contributed by atoms with Gasteiger partial charge in [0.2, 0.25) is 0 Å². The number of hydrogen-bond acceptors (Lipinski definition) is 1. The van der Waals surface area contributed by atoms with Gasteiger partial charge in [0.1, 0.15) is 5.75 Å². The quantitative estimate of drug-likeness (QED) is 0.676. The van der Waals surface area contributed by atoms with Gasteiger partial charge in [0.25, 0.3) is 0 Å². The molecular weight excluding hydrogens is 268 g/mol. The van der Waals surface area contributed by atoms with Crippen molar-refractivity contribution in [3.8, 4) is 18.1 Å². The molecule has 22 heavy (non-hydrogen) atoms. The van der Waals surface area contributed by atoms with Crippen LogP contribution in [0.2, 0.25) is 0 Å². The average Bonchev–Trinajstić information content (AvgIpc) is 2.79. The second-order valence-corrected chi connectivity index (χ2v) is 8.27. The number of benzene rings is 1. The molecule has 0 radical (unpaired) electrons. The van der Waals surface area contributed by atoms with Crippen molar-refractivity contribution in [1.29, 1.82) is 0 Å². The van der Waals surface area contributed by atoms with Gasteiger partial charge in [-0.15, -0.1) is 6.42 Å². The Morgan fingerprint density at radius 1 is 1.18 bits per heavy atom. The largest absolute Gasteiger partial charge is 0.508 e. The summed E-state index contributed by atoms with van der Waals surface area (Å²) < 4.78 is 0. The number of phenolic OH excluding ortho intramolecular Hbond substituents is 1. The summed E-state index contributed by atoms with van der Waals surface area (Å²) in [6.45, 7) is 4.79. The molecule has 4 rings (SSSR count). The highest BCUT2D eigenvalue weighted by Crippen LogP contribution is 2.67. The van der Waals surface area contributed by atoms with Gasteiger partial charge in [-0.25, -0.2) is 0 Å². The van der Waals surface area contributed by atoms with Gasteiger partial charge in [-0.1, -0.05) is 18.9 Å². The van der Waals surface area contributed by atoms with Crippen LogP contribution in [0.5, 0.6) is 5.75 Å². The smallest absolute Gasteiger partial charge is 0.115 e. The van der Waals surface area contributed by atoms with E-state index in [0.717, 1.165) is 18.3 Å². The summed E-state index contributed by atoms with van der Waals surface area (Å²) in [6, 6.07) is 6.04. The van der Waals surface area contributed by atoms with E-state index in [1.165, 1.54) is 43.2 Å². The first kappa shape index (κ1) is 14.2. The molecule has 0 aliphatic heterocycles. The van der Waals surface area contributed by atoms with Crippen molar-refractivity contribution in [1.82, 2.24) is 0 Å².